The Morgan fingerprint density at radius 3 is 2.78 bits per heavy atom. The summed E-state index contributed by atoms with van der Waals surface area (Å²) in [5.41, 5.74) is 1.72. The molecule has 3 rings (SSSR count). The smallest absolute Gasteiger partial charge is 0.154 e. The van der Waals surface area contributed by atoms with Crippen LogP contribution in [0, 0.1) is 0 Å². The Kier molecular flexibility index (Phi) is 2.72. The zero-order valence-corrected chi connectivity index (χ0v) is 11.5. The van der Waals surface area contributed by atoms with Gasteiger partial charge in [-0.05, 0) is 24.3 Å². The Morgan fingerprint density at radius 2 is 2.06 bits per heavy atom. The second-order valence-corrected chi connectivity index (χ2v) is 5.57. The van der Waals surface area contributed by atoms with Crippen LogP contribution in [0.2, 0.25) is 5.15 Å². The summed E-state index contributed by atoms with van der Waals surface area (Å²) >= 11 is 7.56. The van der Waals surface area contributed by atoms with Crippen molar-refractivity contribution in [2.45, 2.75) is 0 Å². The van der Waals surface area contributed by atoms with E-state index in [0.29, 0.717) is 5.15 Å². The van der Waals surface area contributed by atoms with E-state index in [0.717, 1.165) is 16.2 Å². The van der Waals surface area contributed by atoms with E-state index in [1.807, 2.05) is 26.4 Å². The lowest BCUT2D eigenvalue weighted by molar-refractivity contribution is 0.937. The predicted octanol–water partition coefficient (Wildman–Crippen LogP) is 3.18. The fourth-order valence-electron chi connectivity index (χ4n) is 1.68. The molecule has 0 aliphatic carbocycles. The zero-order chi connectivity index (χ0) is 12.7. The first-order valence-electron chi connectivity index (χ1n) is 5.43. The van der Waals surface area contributed by atoms with Gasteiger partial charge in [-0.25, -0.2) is 9.50 Å². The van der Waals surface area contributed by atoms with Gasteiger partial charge in [0.1, 0.15) is 10.8 Å². The molecular weight excluding hydrogens is 268 g/mol. The van der Waals surface area contributed by atoms with E-state index < -0.39 is 0 Å². The number of rotatable bonds is 2. The van der Waals surface area contributed by atoms with Crippen molar-refractivity contribution in [2.24, 2.45) is 0 Å². The number of nitrogens with zero attached hydrogens (tertiary/aromatic N) is 4. The third-order valence-electron chi connectivity index (χ3n) is 2.57. The first-order chi connectivity index (χ1) is 8.63. The van der Waals surface area contributed by atoms with E-state index in [1.54, 1.807) is 21.9 Å². The number of halogens is 1. The highest BCUT2D eigenvalue weighted by molar-refractivity contribution is 7.19. The summed E-state index contributed by atoms with van der Waals surface area (Å²) < 4.78 is 1.70. The highest BCUT2D eigenvalue weighted by Gasteiger charge is 2.09. The van der Waals surface area contributed by atoms with Crippen molar-refractivity contribution in [1.29, 1.82) is 0 Å². The van der Waals surface area contributed by atoms with Gasteiger partial charge in [0.2, 0.25) is 0 Å². The van der Waals surface area contributed by atoms with Crippen LogP contribution in [-0.4, -0.2) is 28.7 Å². The Labute approximate surface area is 113 Å². The second kappa shape index (κ2) is 4.26. The van der Waals surface area contributed by atoms with Gasteiger partial charge in [-0.1, -0.05) is 11.6 Å². The number of hydrogen-bond acceptors (Lipinski definition) is 4. The first-order valence-corrected chi connectivity index (χ1v) is 6.62. The molecule has 3 aromatic heterocycles. The SMILES string of the molecule is CN(C)c1ccc(-c2cn3nc(Cl)ccc3n2)s1. The van der Waals surface area contributed by atoms with E-state index in [2.05, 4.69) is 27.1 Å². The van der Waals surface area contributed by atoms with Gasteiger partial charge in [-0.2, -0.15) is 5.10 Å². The molecule has 0 bridgehead atoms. The number of fused-ring (bicyclic) bond motifs is 1. The van der Waals surface area contributed by atoms with Gasteiger partial charge in [0.15, 0.2) is 5.65 Å². The molecule has 0 atom stereocenters. The molecule has 3 aromatic rings. The molecule has 0 radical (unpaired) electrons. The third-order valence-corrected chi connectivity index (χ3v) is 4.05. The van der Waals surface area contributed by atoms with Crippen LogP contribution in [-0.2, 0) is 0 Å². The van der Waals surface area contributed by atoms with Crippen LogP contribution in [0.1, 0.15) is 0 Å². The van der Waals surface area contributed by atoms with Crippen molar-refractivity contribution in [3.05, 3.63) is 35.6 Å². The van der Waals surface area contributed by atoms with E-state index in [9.17, 15) is 0 Å². The summed E-state index contributed by atoms with van der Waals surface area (Å²) in [6.45, 7) is 0. The quantitative estimate of drug-likeness (QED) is 0.722. The summed E-state index contributed by atoms with van der Waals surface area (Å²) in [6.07, 6.45) is 1.90. The number of thiophene rings is 1. The van der Waals surface area contributed by atoms with Crippen LogP contribution in [0.5, 0.6) is 0 Å². The van der Waals surface area contributed by atoms with Crippen molar-refractivity contribution in [1.82, 2.24) is 14.6 Å². The maximum atomic E-state index is 5.86. The summed E-state index contributed by atoms with van der Waals surface area (Å²) in [4.78, 5) is 7.74. The van der Waals surface area contributed by atoms with Crippen molar-refractivity contribution in [3.8, 4) is 10.6 Å². The average molecular weight is 279 g/mol. The molecule has 0 saturated heterocycles. The van der Waals surface area contributed by atoms with Gasteiger partial charge in [0.05, 0.1) is 16.1 Å². The monoisotopic (exact) mass is 278 g/mol. The molecule has 0 fully saturated rings. The van der Waals surface area contributed by atoms with Crippen molar-refractivity contribution in [2.75, 3.05) is 19.0 Å². The summed E-state index contributed by atoms with van der Waals surface area (Å²) in [6, 6.07) is 7.76. The Morgan fingerprint density at radius 1 is 1.22 bits per heavy atom. The lowest BCUT2D eigenvalue weighted by Crippen LogP contribution is -2.05. The molecule has 0 aromatic carbocycles. The van der Waals surface area contributed by atoms with E-state index in [1.165, 1.54) is 5.00 Å². The maximum absolute atomic E-state index is 5.86. The van der Waals surface area contributed by atoms with Crippen molar-refractivity contribution >= 4 is 33.6 Å². The van der Waals surface area contributed by atoms with Gasteiger partial charge >= 0.3 is 0 Å². The fourth-order valence-corrected chi connectivity index (χ4v) is 2.71. The minimum absolute atomic E-state index is 0.464. The second-order valence-electron chi connectivity index (χ2n) is 4.12. The highest BCUT2D eigenvalue weighted by atomic mass is 35.5. The van der Waals surface area contributed by atoms with Crippen LogP contribution in [0.4, 0.5) is 5.00 Å². The summed E-state index contributed by atoms with van der Waals surface area (Å²) in [7, 11) is 4.06. The standard InChI is InChI=1S/C12H11ClN4S/c1-16(2)12-6-3-9(18-12)8-7-17-11(14-8)5-4-10(13)15-17/h3-7H,1-2H3. The van der Waals surface area contributed by atoms with Crippen molar-refractivity contribution in [3.63, 3.8) is 0 Å². The van der Waals surface area contributed by atoms with Crippen LogP contribution < -0.4 is 4.90 Å². The molecule has 6 heteroatoms. The van der Waals surface area contributed by atoms with E-state index >= 15 is 0 Å². The Balaban J connectivity index is 2.07. The molecule has 92 valence electrons. The van der Waals surface area contributed by atoms with E-state index in [-0.39, 0.29) is 0 Å². The molecule has 0 unspecified atom stereocenters. The van der Waals surface area contributed by atoms with Gasteiger partial charge in [-0.15, -0.1) is 11.3 Å². The number of imidazole rings is 1. The zero-order valence-electron chi connectivity index (χ0n) is 9.96. The summed E-state index contributed by atoms with van der Waals surface area (Å²) in [5.74, 6) is 0. The van der Waals surface area contributed by atoms with Gasteiger partial charge < -0.3 is 4.90 Å². The first kappa shape index (κ1) is 11.5. The molecule has 0 N–H and O–H groups in total. The van der Waals surface area contributed by atoms with Gasteiger partial charge in [0.25, 0.3) is 0 Å². The minimum Gasteiger partial charge on any atom is -0.370 e. The van der Waals surface area contributed by atoms with Crippen molar-refractivity contribution < 1.29 is 0 Å². The molecule has 0 amide bonds. The lowest BCUT2D eigenvalue weighted by atomic mass is 10.4. The lowest BCUT2D eigenvalue weighted by Gasteiger charge is -2.06. The van der Waals surface area contributed by atoms with Crippen LogP contribution in [0.3, 0.4) is 0 Å². The molecule has 0 aliphatic rings. The largest absolute Gasteiger partial charge is 0.370 e. The Hall–Kier alpha value is -1.59. The molecule has 0 saturated carbocycles. The third kappa shape index (κ3) is 1.95. The highest BCUT2D eigenvalue weighted by Crippen LogP contribution is 2.32. The molecule has 0 aliphatic heterocycles. The van der Waals surface area contributed by atoms with E-state index in [4.69, 9.17) is 11.6 Å². The number of aromatic nitrogens is 3. The van der Waals surface area contributed by atoms with Crippen LogP contribution in [0.25, 0.3) is 16.2 Å². The fraction of sp³-hybridized carbons (Fsp3) is 0.167. The molecule has 0 spiro atoms. The molecular formula is C12H11ClN4S. The summed E-state index contributed by atoms with van der Waals surface area (Å²) in [5, 5.41) is 5.84. The van der Waals surface area contributed by atoms with Gasteiger partial charge in [-0.3, -0.25) is 0 Å². The Bertz CT molecular complexity index is 701. The number of anilines is 1. The molecule has 3 heterocycles. The van der Waals surface area contributed by atoms with Crippen LogP contribution in [0.15, 0.2) is 30.5 Å². The molecule has 4 nitrogen and oxygen atoms in total. The predicted molar refractivity (Wildman–Crippen MR) is 75.6 cm³/mol. The van der Waals surface area contributed by atoms with Crippen LogP contribution >= 0.6 is 22.9 Å². The topological polar surface area (TPSA) is 33.4 Å². The number of hydrogen-bond donors (Lipinski definition) is 0. The minimum atomic E-state index is 0.464. The molecule has 18 heavy (non-hydrogen) atoms. The van der Waals surface area contributed by atoms with Gasteiger partial charge in [0, 0.05) is 14.1 Å². The average Bonchev–Trinajstić information content (AvgIpc) is 2.93. The normalized spacial score (nSPS) is 11.1. The maximum Gasteiger partial charge on any atom is 0.154 e.